The van der Waals surface area contributed by atoms with Crippen LogP contribution in [0.3, 0.4) is 0 Å². The van der Waals surface area contributed by atoms with E-state index < -0.39 is 6.04 Å². The molecule has 0 spiro atoms. The summed E-state index contributed by atoms with van der Waals surface area (Å²) < 4.78 is 0. The number of H-pyrrole nitrogens is 1. The van der Waals surface area contributed by atoms with Gasteiger partial charge in [-0.1, -0.05) is 13.8 Å². The first kappa shape index (κ1) is 10.7. The second-order valence-corrected chi connectivity index (χ2v) is 3.71. The summed E-state index contributed by atoms with van der Waals surface area (Å²) in [6.45, 7) is 4.07. The van der Waals surface area contributed by atoms with Crippen LogP contribution >= 0.6 is 0 Å². The highest BCUT2D eigenvalue weighted by Crippen LogP contribution is 2.06. The third-order valence-corrected chi connectivity index (χ3v) is 1.83. The number of carbonyl (C=O) groups is 1. The number of carbonyl (C=O) groups excluding carboxylic acids is 1. The van der Waals surface area contributed by atoms with Crippen molar-refractivity contribution in [2.24, 2.45) is 11.7 Å². The number of rotatable bonds is 4. The molecule has 14 heavy (non-hydrogen) atoms. The fourth-order valence-corrected chi connectivity index (χ4v) is 1.17. The maximum Gasteiger partial charge on any atom is 0.241 e. The molecule has 1 amide bonds. The molecule has 0 aliphatic carbocycles. The van der Waals surface area contributed by atoms with Crippen LogP contribution in [0.2, 0.25) is 0 Å². The Labute approximate surface area is 83.1 Å². The van der Waals surface area contributed by atoms with Crippen LogP contribution in [-0.4, -0.2) is 22.1 Å². The van der Waals surface area contributed by atoms with E-state index in [4.69, 9.17) is 5.73 Å². The van der Waals surface area contributed by atoms with Gasteiger partial charge in [0, 0.05) is 6.20 Å². The SMILES string of the molecule is CC(C)C[C@@H](N)C(=O)Nc1cn[nH]c1. The number of hydrogen-bond donors (Lipinski definition) is 3. The predicted molar refractivity (Wildman–Crippen MR) is 54.6 cm³/mol. The molecule has 1 rings (SSSR count). The number of hydrogen-bond acceptors (Lipinski definition) is 3. The predicted octanol–water partition coefficient (Wildman–Crippen LogP) is 0.722. The Kier molecular flexibility index (Phi) is 3.64. The standard InChI is InChI=1S/C9H16N4O/c1-6(2)3-8(10)9(14)13-7-4-11-12-5-7/h4-6,8H,3,10H2,1-2H3,(H,11,12)(H,13,14)/t8-/m1/s1. The highest BCUT2D eigenvalue weighted by molar-refractivity contribution is 5.94. The maximum atomic E-state index is 11.5. The fourth-order valence-electron chi connectivity index (χ4n) is 1.17. The van der Waals surface area contributed by atoms with Crippen molar-refractivity contribution >= 4 is 11.6 Å². The zero-order chi connectivity index (χ0) is 10.6. The summed E-state index contributed by atoms with van der Waals surface area (Å²) in [5, 5.41) is 8.99. The molecule has 0 bridgehead atoms. The van der Waals surface area contributed by atoms with Gasteiger partial charge in [0.25, 0.3) is 0 Å². The van der Waals surface area contributed by atoms with E-state index in [0.29, 0.717) is 18.0 Å². The second kappa shape index (κ2) is 4.76. The Hall–Kier alpha value is -1.36. The highest BCUT2D eigenvalue weighted by Gasteiger charge is 2.14. The van der Waals surface area contributed by atoms with Gasteiger partial charge in [-0.15, -0.1) is 0 Å². The number of nitrogens with two attached hydrogens (primary N) is 1. The smallest absolute Gasteiger partial charge is 0.241 e. The summed E-state index contributed by atoms with van der Waals surface area (Å²) in [4.78, 5) is 11.5. The number of anilines is 1. The molecule has 5 nitrogen and oxygen atoms in total. The number of aromatic nitrogens is 2. The van der Waals surface area contributed by atoms with Crippen LogP contribution in [0, 0.1) is 5.92 Å². The first-order chi connectivity index (χ1) is 6.59. The molecule has 1 aromatic rings. The number of amides is 1. The molecular formula is C9H16N4O. The molecule has 0 saturated heterocycles. The molecule has 78 valence electrons. The maximum absolute atomic E-state index is 11.5. The summed E-state index contributed by atoms with van der Waals surface area (Å²) >= 11 is 0. The fraction of sp³-hybridized carbons (Fsp3) is 0.556. The Morgan fingerprint density at radius 3 is 2.93 bits per heavy atom. The molecule has 0 saturated carbocycles. The minimum absolute atomic E-state index is 0.167. The van der Waals surface area contributed by atoms with Gasteiger partial charge in [-0.05, 0) is 12.3 Å². The number of nitrogens with one attached hydrogen (secondary N) is 2. The third kappa shape index (κ3) is 3.18. The van der Waals surface area contributed by atoms with Crippen molar-refractivity contribution in [2.45, 2.75) is 26.3 Å². The summed E-state index contributed by atoms with van der Waals surface area (Å²) in [7, 11) is 0. The monoisotopic (exact) mass is 196 g/mol. The normalized spacial score (nSPS) is 12.9. The van der Waals surface area contributed by atoms with Crippen LogP contribution in [0.4, 0.5) is 5.69 Å². The van der Waals surface area contributed by atoms with Crippen molar-refractivity contribution in [3.8, 4) is 0 Å². The quantitative estimate of drug-likeness (QED) is 0.663. The molecule has 0 aliphatic rings. The molecule has 0 fully saturated rings. The van der Waals surface area contributed by atoms with Crippen LogP contribution in [0.5, 0.6) is 0 Å². The first-order valence-electron chi connectivity index (χ1n) is 4.65. The Bertz CT molecular complexity index is 281. The molecule has 0 radical (unpaired) electrons. The molecule has 0 aliphatic heterocycles. The minimum atomic E-state index is -0.454. The molecule has 0 unspecified atom stereocenters. The molecule has 1 heterocycles. The Morgan fingerprint density at radius 1 is 1.71 bits per heavy atom. The van der Waals surface area contributed by atoms with Crippen molar-refractivity contribution in [2.75, 3.05) is 5.32 Å². The van der Waals surface area contributed by atoms with E-state index in [0.717, 1.165) is 0 Å². The Morgan fingerprint density at radius 2 is 2.43 bits per heavy atom. The van der Waals surface area contributed by atoms with E-state index in [2.05, 4.69) is 15.5 Å². The van der Waals surface area contributed by atoms with Crippen molar-refractivity contribution in [3.05, 3.63) is 12.4 Å². The lowest BCUT2D eigenvalue weighted by Crippen LogP contribution is -2.36. The van der Waals surface area contributed by atoms with Gasteiger partial charge < -0.3 is 11.1 Å². The number of nitrogens with zero attached hydrogens (tertiary/aromatic N) is 1. The van der Waals surface area contributed by atoms with Crippen molar-refractivity contribution in [1.82, 2.24) is 10.2 Å². The van der Waals surface area contributed by atoms with E-state index in [1.54, 1.807) is 12.4 Å². The largest absolute Gasteiger partial charge is 0.322 e. The first-order valence-corrected chi connectivity index (χ1v) is 4.65. The van der Waals surface area contributed by atoms with Crippen LogP contribution in [-0.2, 0) is 4.79 Å². The lowest BCUT2D eigenvalue weighted by molar-refractivity contribution is -0.117. The molecule has 1 atom stereocenters. The van der Waals surface area contributed by atoms with Crippen molar-refractivity contribution < 1.29 is 4.79 Å². The topological polar surface area (TPSA) is 83.8 Å². The summed E-state index contributed by atoms with van der Waals surface area (Å²) in [6.07, 6.45) is 3.84. The molecular weight excluding hydrogens is 180 g/mol. The average molecular weight is 196 g/mol. The highest BCUT2D eigenvalue weighted by atomic mass is 16.2. The van der Waals surface area contributed by atoms with E-state index in [9.17, 15) is 4.79 Å². The van der Waals surface area contributed by atoms with Gasteiger partial charge in [-0.25, -0.2) is 0 Å². The van der Waals surface area contributed by atoms with E-state index in [1.165, 1.54) is 0 Å². The van der Waals surface area contributed by atoms with Crippen LogP contribution < -0.4 is 11.1 Å². The summed E-state index contributed by atoms with van der Waals surface area (Å²) in [5.74, 6) is 0.250. The van der Waals surface area contributed by atoms with Gasteiger partial charge in [0.15, 0.2) is 0 Å². The number of aromatic amines is 1. The minimum Gasteiger partial charge on any atom is -0.322 e. The molecule has 4 N–H and O–H groups in total. The van der Waals surface area contributed by atoms with Gasteiger partial charge in [0.1, 0.15) is 0 Å². The lowest BCUT2D eigenvalue weighted by atomic mass is 10.0. The van der Waals surface area contributed by atoms with E-state index >= 15 is 0 Å². The third-order valence-electron chi connectivity index (χ3n) is 1.83. The summed E-state index contributed by atoms with van der Waals surface area (Å²) in [6, 6.07) is -0.454. The molecule has 1 aromatic heterocycles. The van der Waals surface area contributed by atoms with Crippen LogP contribution in [0.15, 0.2) is 12.4 Å². The molecule has 0 aromatic carbocycles. The average Bonchev–Trinajstić information content (AvgIpc) is 2.55. The van der Waals surface area contributed by atoms with Crippen LogP contribution in [0.25, 0.3) is 0 Å². The Balaban J connectivity index is 2.42. The second-order valence-electron chi connectivity index (χ2n) is 3.71. The van der Waals surface area contributed by atoms with E-state index in [1.807, 2.05) is 13.8 Å². The van der Waals surface area contributed by atoms with Gasteiger partial charge >= 0.3 is 0 Å². The van der Waals surface area contributed by atoms with Gasteiger partial charge in [-0.2, -0.15) is 5.10 Å². The van der Waals surface area contributed by atoms with Gasteiger partial charge in [0.05, 0.1) is 17.9 Å². The summed E-state index contributed by atoms with van der Waals surface area (Å²) in [5.41, 5.74) is 6.34. The van der Waals surface area contributed by atoms with Gasteiger partial charge in [-0.3, -0.25) is 9.89 Å². The van der Waals surface area contributed by atoms with E-state index in [-0.39, 0.29) is 5.91 Å². The van der Waals surface area contributed by atoms with Crippen LogP contribution in [0.1, 0.15) is 20.3 Å². The van der Waals surface area contributed by atoms with Crippen molar-refractivity contribution in [3.63, 3.8) is 0 Å². The van der Waals surface area contributed by atoms with Gasteiger partial charge in [0.2, 0.25) is 5.91 Å². The zero-order valence-corrected chi connectivity index (χ0v) is 8.45. The molecule has 5 heteroatoms. The lowest BCUT2D eigenvalue weighted by Gasteiger charge is -2.12. The van der Waals surface area contributed by atoms with Crippen molar-refractivity contribution in [1.29, 1.82) is 0 Å². The zero-order valence-electron chi connectivity index (χ0n) is 8.45.